The Labute approximate surface area is 124 Å². The Morgan fingerprint density at radius 1 is 1.16 bits per heavy atom. The highest BCUT2D eigenvalue weighted by Crippen LogP contribution is 2.22. The summed E-state index contributed by atoms with van der Waals surface area (Å²) in [5, 5.41) is 0. The van der Waals surface area contributed by atoms with Crippen molar-refractivity contribution in [3.8, 4) is 0 Å². The quantitative estimate of drug-likeness (QED) is 0.769. The number of nitrogens with two attached hydrogens (primary N) is 1. The van der Waals surface area contributed by atoms with Gasteiger partial charge in [0.1, 0.15) is 0 Å². The summed E-state index contributed by atoms with van der Waals surface area (Å²) in [5.74, 6) is 0.204. The Morgan fingerprint density at radius 2 is 1.74 bits per heavy atom. The molecule has 1 aromatic rings. The molecule has 19 heavy (non-hydrogen) atoms. The predicted molar refractivity (Wildman–Crippen MR) is 82.9 cm³/mol. The van der Waals surface area contributed by atoms with Gasteiger partial charge in [-0.3, -0.25) is 0 Å². The summed E-state index contributed by atoms with van der Waals surface area (Å²) in [7, 11) is -3.15. The summed E-state index contributed by atoms with van der Waals surface area (Å²) in [6, 6.07) is 6.79. The van der Waals surface area contributed by atoms with E-state index in [1.54, 1.807) is 24.3 Å². The molecule has 0 spiro atoms. The molecule has 0 aliphatic heterocycles. The molecule has 1 aromatic carbocycles. The van der Waals surface area contributed by atoms with Crippen molar-refractivity contribution in [1.29, 1.82) is 0 Å². The van der Waals surface area contributed by atoms with E-state index in [0.717, 1.165) is 17.3 Å². The van der Waals surface area contributed by atoms with Gasteiger partial charge in [-0.05, 0) is 49.1 Å². The van der Waals surface area contributed by atoms with Gasteiger partial charge in [0, 0.05) is 4.47 Å². The molecule has 0 aromatic heterocycles. The van der Waals surface area contributed by atoms with Crippen LogP contribution >= 0.6 is 15.9 Å². The zero-order valence-corrected chi connectivity index (χ0v) is 13.9. The Balaban J connectivity index is 2.50. The smallest absolute Gasteiger partial charge is 0.178 e. The van der Waals surface area contributed by atoms with Crippen LogP contribution in [0.3, 0.4) is 0 Å². The van der Waals surface area contributed by atoms with Crippen molar-refractivity contribution in [2.75, 3.05) is 12.3 Å². The Bertz CT molecular complexity index is 495. The van der Waals surface area contributed by atoms with E-state index in [1.165, 1.54) is 0 Å². The maximum atomic E-state index is 12.1. The highest BCUT2D eigenvalue weighted by Gasteiger charge is 2.17. The fraction of sp³-hybridized carbons (Fsp3) is 0.571. The van der Waals surface area contributed by atoms with Gasteiger partial charge in [-0.25, -0.2) is 8.42 Å². The van der Waals surface area contributed by atoms with Crippen LogP contribution in [0.5, 0.6) is 0 Å². The van der Waals surface area contributed by atoms with Crippen molar-refractivity contribution in [1.82, 2.24) is 0 Å². The summed E-state index contributed by atoms with van der Waals surface area (Å²) in [5.41, 5.74) is 5.76. The highest BCUT2D eigenvalue weighted by atomic mass is 79.9. The lowest BCUT2D eigenvalue weighted by molar-refractivity contribution is 0.335. The van der Waals surface area contributed by atoms with Crippen molar-refractivity contribution < 1.29 is 8.42 Å². The third-order valence-corrected chi connectivity index (χ3v) is 5.59. The van der Waals surface area contributed by atoms with Gasteiger partial charge in [0.2, 0.25) is 0 Å². The first kappa shape index (κ1) is 16.7. The van der Waals surface area contributed by atoms with Gasteiger partial charge < -0.3 is 5.73 Å². The van der Waals surface area contributed by atoms with Crippen LogP contribution < -0.4 is 5.73 Å². The molecule has 0 unspecified atom stereocenters. The van der Waals surface area contributed by atoms with Crippen molar-refractivity contribution in [2.24, 2.45) is 11.1 Å². The minimum Gasteiger partial charge on any atom is -0.330 e. The summed E-state index contributed by atoms with van der Waals surface area (Å²) >= 11 is 3.30. The molecule has 0 saturated carbocycles. The van der Waals surface area contributed by atoms with Gasteiger partial charge in [-0.15, -0.1) is 0 Å². The van der Waals surface area contributed by atoms with E-state index in [9.17, 15) is 8.42 Å². The number of halogens is 1. The molecule has 0 bridgehead atoms. The molecular formula is C14H22BrNO2S. The Kier molecular flexibility index (Phi) is 6.02. The van der Waals surface area contributed by atoms with Crippen LogP contribution in [0.4, 0.5) is 0 Å². The predicted octanol–water partition coefficient (Wildman–Crippen LogP) is 3.38. The van der Waals surface area contributed by atoms with Gasteiger partial charge in [-0.1, -0.05) is 36.2 Å². The lowest BCUT2D eigenvalue weighted by Crippen LogP contribution is -2.23. The van der Waals surface area contributed by atoms with Gasteiger partial charge in [0.15, 0.2) is 9.84 Å². The summed E-state index contributed by atoms with van der Waals surface area (Å²) in [4.78, 5) is 0.397. The van der Waals surface area contributed by atoms with Crippen LogP contribution in [0.25, 0.3) is 0 Å². The summed E-state index contributed by atoms with van der Waals surface area (Å²) in [6.07, 6.45) is 2.53. The van der Waals surface area contributed by atoms with Crippen molar-refractivity contribution in [2.45, 2.75) is 38.0 Å². The monoisotopic (exact) mass is 347 g/mol. The SMILES string of the molecule is CC(C)(CN)CCCCS(=O)(=O)c1ccc(Br)cc1. The number of hydrogen-bond donors (Lipinski definition) is 1. The fourth-order valence-corrected chi connectivity index (χ4v) is 3.39. The topological polar surface area (TPSA) is 60.2 Å². The van der Waals surface area contributed by atoms with Crippen LogP contribution in [0.2, 0.25) is 0 Å². The van der Waals surface area contributed by atoms with Crippen LogP contribution in [0.1, 0.15) is 33.1 Å². The summed E-state index contributed by atoms with van der Waals surface area (Å²) in [6.45, 7) is 4.85. The second kappa shape index (κ2) is 6.86. The normalized spacial score (nSPS) is 12.6. The van der Waals surface area contributed by atoms with Crippen LogP contribution in [-0.2, 0) is 9.84 Å². The molecule has 0 saturated heterocycles. The molecule has 0 fully saturated rings. The molecule has 108 valence electrons. The maximum Gasteiger partial charge on any atom is 0.178 e. The number of rotatable bonds is 7. The van der Waals surface area contributed by atoms with Crippen LogP contribution in [-0.4, -0.2) is 20.7 Å². The van der Waals surface area contributed by atoms with Gasteiger partial charge >= 0.3 is 0 Å². The van der Waals surface area contributed by atoms with Gasteiger partial charge in [-0.2, -0.15) is 0 Å². The fourth-order valence-electron chi connectivity index (χ4n) is 1.76. The Hall–Kier alpha value is -0.390. The van der Waals surface area contributed by atoms with Crippen molar-refractivity contribution in [3.63, 3.8) is 0 Å². The van der Waals surface area contributed by atoms with Crippen LogP contribution in [0.15, 0.2) is 33.6 Å². The standard InChI is InChI=1S/C14H22BrNO2S/c1-14(2,11-16)9-3-4-10-19(17,18)13-7-5-12(15)6-8-13/h5-8H,3-4,9-11,16H2,1-2H3. The zero-order valence-electron chi connectivity index (χ0n) is 11.5. The molecule has 0 aliphatic rings. The summed E-state index contributed by atoms with van der Waals surface area (Å²) < 4.78 is 25.1. The minimum atomic E-state index is -3.15. The van der Waals surface area contributed by atoms with Gasteiger partial charge in [0.25, 0.3) is 0 Å². The highest BCUT2D eigenvalue weighted by molar-refractivity contribution is 9.10. The molecule has 3 nitrogen and oxygen atoms in total. The third-order valence-electron chi connectivity index (χ3n) is 3.24. The van der Waals surface area contributed by atoms with E-state index in [-0.39, 0.29) is 11.2 Å². The Morgan fingerprint density at radius 3 is 2.26 bits per heavy atom. The largest absolute Gasteiger partial charge is 0.330 e. The molecular weight excluding hydrogens is 326 g/mol. The minimum absolute atomic E-state index is 0.0986. The lowest BCUT2D eigenvalue weighted by Gasteiger charge is -2.21. The average molecular weight is 348 g/mol. The second-order valence-electron chi connectivity index (χ2n) is 5.60. The molecule has 1 rings (SSSR count). The van der Waals surface area contributed by atoms with Gasteiger partial charge in [0.05, 0.1) is 10.6 Å². The molecule has 5 heteroatoms. The van der Waals surface area contributed by atoms with Crippen molar-refractivity contribution in [3.05, 3.63) is 28.7 Å². The number of hydrogen-bond acceptors (Lipinski definition) is 3. The molecule has 0 radical (unpaired) electrons. The van der Waals surface area contributed by atoms with Crippen LogP contribution in [0, 0.1) is 5.41 Å². The first-order valence-electron chi connectivity index (χ1n) is 6.45. The maximum absolute atomic E-state index is 12.1. The van der Waals surface area contributed by atoms with E-state index in [1.807, 2.05) is 0 Å². The number of benzene rings is 1. The van der Waals surface area contributed by atoms with E-state index < -0.39 is 9.84 Å². The van der Waals surface area contributed by atoms with E-state index in [2.05, 4.69) is 29.8 Å². The molecule has 0 aliphatic carbocycles. The van der Waals surface area contributed by atoms with E-state index in [0.29, 0.717) is 17.9 Å². The second-order valence-corrected chi connectivity index (χ2v) is 8.62. The van der Waals surface area contributed by atoms with E-state index in [4.69, 9.17) is 5.73 Å². The van der Waals surface area contributed by atoms with Crippen molar-refractivity contribution >= 4 is 25.8 Å². The first-order valence-corrected chi connectivity index (χ1v) is 8.90. The number of unbranched alkanes of at least 4 members (excludes halogenated alkanes) is 1. The first-order chi connectivity index (χ1) is 8.77. The molecule has 0 amide bonds. The molecule has 0 heterocycles. The van der Waals surface area contributed by atoms with E-state index >= 15 is 0 Å². The third kappa shape index (κ3) is 5.63. The molecule has 0 atom stereocenters. The number of sulfone groups is 1. The zero-order chi connectivity index (χ0) is 14.5. The lowest BCUT2D eigenvalue weighted by atomic mass is 9.88. The molecule has 2 N–H and O–H groups in total. The average Bonchev–Trinajstić information content (AvgIpc) is 2.35.